The van der Waals surface area contributed by atoms with Crippen molar-refractivity contribution in [3.8, 4) is 5.75 Å². The summed E-state index contributed by atoms with van der Waals surface area (Å²) in [6.07, 6.45) is 4.18. The molecule has 9 heteroatoms. The fourth-order valence-corrected chi connectivity index (χ4v) is 2.23. The molecule has 25 heavy (non-hydrogen) atoms. The molecule has 4 N–H and O–H groups in total. The molecular formula is C16H13N7O2. The van der Waals surface area contributed by atoms with Gasteiger partial charge in [-0.2, -0.15) is 0 Å². The van der Waals surface area contributed by atoms with Gasteiger partial charge in [-0.05, 0) is 24.3 Å². The van der Waals surface area contributed by atoms with E-state index in [0.29, 0.717) is 23.5 Å². The monoisotopic (exact) mass is 335 g/mol. The van der Waals surface area contributed by atoms with Crippen molar-refractivity contribution in [2.75, 3.05) is 10.6 Å². The topological polar surface area (TPSA) is 121 Å². The highest BCUT2D eigenvalue weighted by Gasteiger charge is 2.09. The van der Waals surface area contributed by atoms with E-state index in [9.17, 15) is 4.79 Å². The molecule has 0 saturated carbocycles. The third kappa shape index (κ3) is 3.39. The van der Waals surface area contributed by atoms with E-state index in [4.69, 9.17) is 4.74 Å². The second-order valence-corrected chi connectivity index (χ2v) is 5.06. The number of imidazole rings is 2. The first-order valence-corrected chi connectivity index (χ1v) is 7.42. The number of carbonyl (C=O) groups excluding carboxylic acids is 1. The van der Waals surface area contributed by atoms with Gasteiger partial charge in [0.25, 0.3) is 0 Å². The number of carbonyl (C=O) groups is 1. The van der Waals surface area contributed by atoms with Gasteiger partial charge in [0.05, 0.1) is 11.0 Å². The normalized spacial score (nSPS) is 10.6. The van der Waals surface area contributed by atoms with Crippen LogP contribution in [0.5, 0.6) is 5.75 Å². The number of rotatable bonds is 4. The van der Waals surface area contributed by atoms with Crippen LogP contribution < -0.4 is 15.4 Å². The lowest BCUT2D eigenvalue weighted by molar-refractivity contribution is 0.215. The largest absolute Gasteiger partial charge is 0.419 e. The van der Waals surface area contributed by atoms with Crippen LogP contribution in [-0.4, -0.2) is 31.0 Å². The van der Waals surface area contributed by atoms with Gasteiger partial charge in [0.2, 0.25) is 11.9 Å². The molecule has 0 bridgehead atoms. The minimum Gasteiger partial charge on any atom is -0.410 e. The Balaban J connectivity index is 1.49. The van der Waals surface area contributed by atoms with Crippen LogP contribution in [-0.2, 0) is 0 Å². The summed E-state index contributed by atoms with van der Waals surface area (Å²) in [6, 6.07) is 10.7. The van der Waals surface area contributed by atoms with Crippen LogP contribution in [0.2, 0.25) is 0 Å². The Morgan fingerprint density at radius 2 is 2.04 bits per heavy atom. The molecule has 124 valence electrons. The molecule has 1 amide bonds. The Kier molecular flexibility index (Phi) is 3.71. The van der Waals surface area contributed by atoms with E-state index in [-0.39, 0.29) is 0 Å². The van der Waals surface area contributed by atoms with Gasteiger partial charge in [-0.1, -0.05) is 6.07 Å². The lowest BCUT2D eigenvalue weighted by Crippen LogP contribution is -2.17. The van der Waals surface area contributed by atoms with Crippen LogP contribution in [0.25, 0.3) is 11.0 Å². The van der Waals surface area contributed by atoms with Crippen molar-refractivity contribution >= 4 is 34.8 Å². The number of aromatic amines is 2. The fourth-order valence-electron chi connectivity index (χ4n) is 2.23. The minimum atomic E-state index is -0.638. The molecule has 0 aliphatic rings. The number of hydrogen-bond acceptors (Lipinski definition) is 6. The molecule has 4 rings (SSSR count). The van der Waals surface area contributed by atoms with Gasteiger partial charge in [0, 0.05) is 24.7 Å². The Labute approximate surface area is 141 Å². The maximum Gasteiger partial charge on any atom is 0.419 e. The van der Waals surface area contributed by atoms with Crippen LogP contribution in [0.1, 0.15) is 0 Å². The lowest BCUT2D eigenvalue weighted by Gasteiger charge is -2.04. The highest BCUT2D eigenvalue weighted by atomic mass is 16.6. The Morgan fingerprint density at radius 3 is 2.84 bits per heavy atom. The predicted octanol–water partition coefficient (Wildman–Crippen LogP) is 3.04. The van der Waals surface area contributed by atoms with Crippen molar-refractivity contribution in [1.82, 2.24) is 24.9 Å². The molecule has 0 radical (unpaired) electrons. The van der Waals surface area contributed by atoms with Crippen LogP contribution in [0, 0.1) is 0 Å². The summed E-state index contributed by atoms with van der Waals surface area (Å²) in [5.74, 6) is 1.92. The van der Waals surface area contributed by atoms with Gasteiger partial charge in [-0.3, -0.25) is 5.32 Å². The number of hydrogen-bond donors (Lipinski definition) is 4. The number of H-pyrrole nitrogens is 2. The Bertz CT molecular complexity index is 996. The maximum absolute atomic E-state index is 11.8. The van der Waals surface area contributed by atoms with Gasteiger partial charge in [-0.15, -0.1) is 0 Å². The molecule has 0 unspecified atom stereocenters. The number of ether oxygens (including phenoxy) is 1. The molecule has 0 aliphatic carbocycles. The number of aromatic nitrogens is 5. The Morgan fingerprint density at radius 1 is 1.08 bits per heavy atom. The van der Waals surface area contributed by atoms with E-state index in [1.807, 2.05) is 18.2 Å². The average Bonchev–Trinajstić information content (AvgIpc) is 3.24. The minimum absolute atomic E-state index is 0.314. The van der Waals surface area contributed by atoms with Gasteiger partial charge in [0.1, 0.15) is 11.6 Å². The summed E-state index contributed by atoms with van der Waals surface area (Å²) in [4.78, 5) is 30.2. The van der Waals surface area contributed by atoms with Gasteiger partial charge < -0.3 is 20.0 Å². The number of anilines is 3. The number of pyridine rings is 1. The first-order valence-electron chi connectivity index (χ1n) is 7.42. The van der Waals surface area contributed by atoms with E-state index in [0.717, 1.165) is 11.0 Å². The van der Waals surface area contributed by atoms with Crippen molar-refractivity contribution in [3.63, 3.8) is 0 Å². The number of nitrogens with zero attached hydrogens (tertiary/aromatic N) is 3. The second kappa shape index (κ2) is 6.32. The van der Waals surface area contributed by atoms with Crippen LogP contribution >= 0.6 is 0 Å². The van der Waals surface area contributed by atoms with Crippen molar-refractivity contribution in [2.24, 2.45) is 0 Å². The smallest absolute Gasteiger partial charge is 0.410 e. The summed E-state index contributed by atoms with van der Waals surface area (Å²) in [5, 5.41) is 5.56. The Hall–Kier alpha value is -3.88. The molecule has 0 saturated heterocycles. The summed E-state index contributed by atoms with van der Waals surface area (Å²) < 4.78 is 5.23. The van der Waals surface area contributed by atoms with Crippen molar-refractivity contribution < 1.29 is 9.53 Å². The van der Waals surface area contributed by atoms with E-state index >= 15 is 0 Å². The third-order valence-electron chi connectivity index (χ3n) is 3.29. The van der Waals surface area contributed by atoms with Gasteiger partial charge in [-0.25, -0.2) is 19.7 Å². The molecule has 0 aliphatic heterocycles. The SMILES string of the molecule is O=C(Nc1ncc[nH]1)Oc1ccc2nc(Nc3ccccn3)[nH]c2c1. The molecule has 9 nitrogen and oxygen atoms in total. The van der Waals surface area contributed by atoms with Gasteiger partial charge in [0.15, 0.2) is 0 Å². The van der Waals surface area contributed by atoms with E-state index in [2.05, 4.69) is 35.6 Å². The number of benzene rings is 1. The summed E-state index contributed by atoms with van der Waals surface area (Å²) in [7, 11) is 0. The van der Waals surface area contributed by atoms with Crippen LogP contribution in [0.4, 0.5) is 22.5 Å². The van der Waals surface area contributed by atoms with E-state index < -0.39 is 6.09 Å². The molecule has 0 atom stereocenters. The quantitative estimate of drug-likeness (QED) is 0.455. The highest BCUT2D eigenvalue weighted by molar-refractivity contribution is 5.85. The zero-order valence-electron chi connectivity index (χ0n) is 12.9. The summed E-state index contributed by atoms with van der Waals surface area (Å²) in [6.45, 7) is 0. The van der Waals surface area contributed by atoms with Crippen molar-refractivity contribution in [1.29, 1.82) is 0 Å². The van der Waals surface area contributed by atoms with E-state index in [1.165, 1.54) is 6.20 Å². The first kappa shape index (κ1) is 14.7. The summed E-state index contributed by atoms with van der Waals surface area (Å²) >= 11 is 0. The lowest BCUT2D eigenvalue weighted by atomic mass is 10.3. The number of amides is 1. The van der Waals surface area contributed by atoms with Crippen LogP contribution in [0.3, 0.4) is 0 Å². The average molecular weight is 335 g/mol. The molecular weight excluding hydrogens is 322 g/mol. The van der Waals surface area contributed by atoms with E-state index in [1.54, 1.807) is 30.6 Å². The highest BCUT2D eigenvalue weighted by Crippen LogP contribution is 2.22. The summed E-state index contributed by atoms with van der Waals surface area (Å²) in [5.41, 5.74) is 1.46. The number of nitrogens with one attached hydrogen (secondary N) is 4. The molecule has 4 aromatic rings. The van der Waals surface area contributed by atoms with Crippen LogP contribution in [0.15, 0.2) is 55.0 Å². The molecule has 3 aromatic heterocycles. The maximum atomic E-state index is 11.8. The zero-order valence-corrected chi connectivity index (χ0v) is 12.9. The van der Waals surface area contributed by atoms with Crippen molar-refractivity contribution in [3.05, 3.63) is 55.0 Å². The predicted molar refractivity (Wildman–Crippen MR) is 91.8 cm³/mol. The standard InChI is InChI=1S/C16H13N7O2/c24-16(23-14-18-7-8-19-14)25-10-4-5-11-12(9-10)21-15(20-11)22-13-3-1-2-6-17-13/h1-9H,(H2,17,20,21,22)(H2,18,19,23,24). The molecule has 3 heterocycles. The zero-order chi connectivity index (χ0) is 17.1. The second-order valence-electron chi connectivity index (χ2n) is 5.06. The first-order chi connectivity index (χ1) is 12.3. The molecule has 0 spiro atoms. The van der Waals surface area contributed by atoms with Crippen molar-refractivity contribution in [2.45, 2.75) is 0 Å². The molecule has 1 aromatic carbocycles. The third-order valence-corrected chi connectivity index (χ3v) is 3.29. The number of fused-ring (bicyclic) bond motifs is 1. The van der Waals surface area contributed by atoms with Gasteiger partial charge >= 0.3 is 6.09 Å². The fraction of sp³-hybridized carbons (Fsp3) is 0. The molecule has 0 fully saturated rings.